The van der Waals surface area contributed by atoms with Crippen LogP contribution in [0.4, 0.5) is 0 Å². The van der Waals surface area contributed by atoms with Crippen molar-refractivity contribution in [2.45, 2.75) is 37.6 Å². The fourth-order valence-corrected chi connectivity index (χ4v) is 4.00. The molecule has 1 aromatic rings. The quantitative estimate of drug-likeness (QED) is 0.757. The molecule has 134 valence electrons. The number of piperidine rings is 1. The average Bonchev–Trinajstić information content (AvgIpc) is 2.61. The molecule has 6 heteroatoms. The van der Waals surface area contributed by atoms with Crippen molar-refractivity contribution in [3.63, 3.8) is 0 Å². The Bertz CT molecular complexity index is 593. The molecule has 2 rings (SSSR count). The molecule has 1 atom stereocenters. The number of benzene rings is 1. The van der Waals surface area contributed by atoms with Crippen molar-refractivity contribution in [3.8, 4) is 11.5 Å². The van der Waals surface area contributed by atoms with Crippen molar-refractivity contribution >= 4 is 17.7 Å². The van der Waals surface area contributed by atoms with E-state index in [1.54, 1.807) is 26.0 Å². The lowest BCUT2D eigenvalue weighted by molar-refractivity contribution is -0.153. The van der Waals surface area contributed by atoms with Gasteiger partial charge in [-0.25, -0.2) is 0 Å². The number of rotatable bonds is 7. The molecule has 1 aromatic carbocycles. The summed E-state index contributed by atoms with van der Waals surface area (Å²) in [5, 5.41) is 9.65. The molecule has 5 nitrogen and oxygen atoms in total. The highest BCUT2D eigenvalue weighted by Gasteiger charge is 2.40. The van der Waals surface area contributed by atoms with Gasteiger partial charge in [0.2, 0.25) is 0 Å². The van der Waals surface area contributed by atoms with Crippen molar-refractivity contribution in [3.05, 3.63) is 17.7 Å². The summed E-state index contributed by atoms with van der Waals surface area (Å²) >= 11 is 1.62. The number of hydrogen-bond acceptors (Lipinski definition) is 5. The Morgan fingerprint density at radius 1 is 1.33 bits per heavy atom. The molecule has 1 fully saturated rings. The zero-order valence-electron chi connectivity index (χ0n) is 14.9. The highest BCUT2D eigenvalue weighted by Crippen LogP contribution is 2.38. The summed E-state index contributed by atoms with van der Waals surface area (Å²) in [5.41, 5.74) is 0.402. The normalized spacial score (nSPS) is 21.5. The van der Waals surface area contributed by atoms with E-state index in [2.05, 4.69) is 4.90 Å². The van der Waals surface area contributed by atoms with Gasteiger partial charge in [0.15, 0.2) is 0 Å². The van der Waals surface area contributed by atoms with Crippen LogP contribution >= 0.6 is 11.8 Å². The number of hydrogen-bond donors (Lipinski definition) is 1. The van der Waals surface area contributed by atoms with Gasteiger partial charge in [0.1, 0.15) is 11.5 Å². The third-order valence-electron chi connectivity index (χ3n) is 4.97. The van der Waals surface area contributed by atoms with Crippen molar-refractivity contribution in [2.24, 2.45) is 5.41 Å². The summed E-state index contributed by atoms with van der Waals surface area (Å²) in [6.07, 6.45) is 4.32. The number of carboxylic acids is 1. The minimum atomic E-state index is -0.683. The topological polar surface area (TPSA) is 59.0 Å². The maximum atomic E-state index is 11.7. The van der Waals surface area contributed by atoms with E-state index in [0.717, 1.165) is 41.3 Å². The Labute approximate surface area is 148 Å². The van der Waals surface area contributed by atoms with Crippen LogP contribution in [0.3, 0.4) is 0 Å². The van der Waals surface area contributed by atoms with Gasteiger partial charge in [0.05, 0.1) is 24.5 Å². The Kier molecular flexibility index (Phi) is 6.40. The number of carbonyl (C=O) groups is 1. The fourth-order valence-electron chi connectivity index (χ4n) is 3.43. The molecule has 1 saturated heterocycles. The van der Waals surface area contributed by atoms with Gasteiger partial charge < -0.3 is 14.6 Å². The van der Waals surface area contributed by atoms with E-state index in [1.807, 2.05) is 25.3 Å². The lowest BCUT2D eigenvalue weighted by Crippen LogP contribution is -2.47. The van der Waals surface area contributed by atoms with Crippen molar-refractivity contribution in [1.29, 1.82) is 0 Å². The molecule has 0 spiro atoms. The molecule has 1 heterocycles. The van der Waals surface area contributed by atoms with Crippen molar-refractivity contribution < 1.29 is 19.4 Å². The van der Waals surface area contributed by atoms with Crippen LogP contribution in [0.2, 0.25) is 0 Å². The van der Waals surface area contributed by atoms with Gasteiger partial charge in [-0.2, -0.15) is 0 Å². The first kappa shape index (κ1) is 18.9. The van der Waals surface area contributed by atoms with E-state index >= 15 is 0 Å². The van der Waals surface area contributed by atoms with Crippen molar-refractivity contribution in [2.75, 3.05) is 33.6 Å². The van der Waals surface area contributed by atoms with E-state index in [-0.39, 0.29) is 0 Å². The van der Waals surface area contributed by atoms with Gasteiger partial charge in [-0.05, 0) is 44.2 Å². The Morgan fingerprint density at radius 2 is 2.04 bits per heavy atom. The van der Waals surface area contributed by atoms with E-state index in [1.165, 1.54) is 0 Å². The lowest BCUT2D eigenvalue weighted by atomic mass is 9.77. The summed E-state index contributed by atoms with van der Waals surface area (Å²) in [7, 11) is 3.33. The van der Waals surface area contributed by atoms with Crippen LogP contribution in [0.15, 0.2) is 17.0 Å². The molecular formula is C18H27NO4S. The van der Waals surface area contributed by atoms with Gasteiger partial charge in [-0.3, -0.25) is 9.69 Å². The summed E-state index contributed by atoms with van der Waals surface area (Å²) in [6, 6.07) is 4.00. The van der Waals surface area contributed by atoms with Crippen molar-refractivity contribution in [1.82, 2.24) is 4.90 Å². The number of carboxylic acid groups (broad SMARTS) is 1. The molecule has 0 saturated carbocycles. The van der Waals surface area contributed by atoms with Crippen LogP contribution in [0.1, 0.15) is 31.7 Å². The zero-order valence-corrected chi connectivity index (χ0v) is 15.7. The van der Waals surface area contributed by atoms with E-state index in [0.29, 0.717) is 19.5 Å². The molecule has 1 aliphatic heterocycles. The van der Waals surface area contributed by atoms with E-state index in [9.17, 15) is 9.90 Å². The smallest absolute Gasteiger partial charge is 0.310 e. The summed E-state index contributed by atoms with van der Waals surface area (Å²) < 4.78 is 11.0. The second kappa shape index (κ2) is 8.12. The molecule has 0 amide bonds. The maximum Gasteiger partial charge on any atom is 0.310 e. The summed E-state index contributed by atoms with van der Waals surface area (Å²) in [5.74, 6) is 0.968. The maximum absolute atomic E-state index is 11.7. The van der Waals surface area contributed by atoms with Gasteiger partial charge in [-0.15, -0.1) is 11.8 Å². The molecule has 0 aromatic heterocycles. The number of aliphatic carboxylic acids is 1. The first-order chi connectivity index (χ1) is 11.5. The largest absolute Gasteiger partial charge is 0.496 e. The van der Waals surface area contributed by atoms with Crippen LogP contribution < -0.4 is 9.47 Å². The molecule has 1 N–H and O–H groups in total. The minimum absolute atomic E-state index is 0.578. The number of nitrogens with zero attached hydrogens (tertiary/aromatic N) is 1. The Hall–Kier alpha value is -1.40. The molecule has 0 aliphatic carbocycles. The predicted molar refractivity (Wildman–Crippen MR) is 96.2 cm³/mol. The van der Waals surface area contributed by atoms with Crippen LogP contribution in [0, 0.1) is 5.41 Å². The highest BCUT2D eigenvalue weighted by atomic mass is 32.2. The SMILES string of the molecule is CC[C@@]1(C(=O)O)CCCN(Cc2cc(OC)c(SC)cc2OC)C1. The average molecular weight is 353 g/mol. The standard InChI is InChI=1S/C18H27NO4S/c1-5-18(17(20)21)7-6-8-19(12-18)11-13-9-15(23-3)16(24-4)10-14(13)22-2/h9-10H,5-8,11-12H2,1-4H3,(H,20,21)/t18-/m1/s1. The van der Waals surface area contributed by atoms with Crippen LogP contribution in [0.25, 0.3) is 0 Å². The molecule has 1 aliphatic rings. The van der Waals surface area contributed by atoms with Gasteiger partial charge in [0, 0.05) is 18.7 Å². The van der Waals surface area contributed by atoms with Crippen LogP contribution in [-0.4, -0.2) is 49.5 Å². The number of likely N-dealkylation sites (tertiary alicyclic amines) is 1. The summed E-state index contributed by atoms with van der Waals surface area (Å²) in [6.45, 7) is 4.12. The number of ether oxygens (including phenoxy) is 2. The predicted octanol–water partition coefficient (Wildman–Crippen LogP) is 3.50. The second-order valence-electron chi connectivity index (χ2n) is 6.27. The molecular weight excluding hydrogens is 326 g/mol. The second-order valence-corrected chi connectivity index (χ2v) is 7.12. The first-order valence-electron chi connectivity index (χ1n) is 8.24. The molecule has 0 radical (unpaired) electrons. The van der Waals surface area contributed by atoms with Gasteiger partial charge in [0.25, 0.3) is 0 Å². The number of methoxy groups -OCH3 is 2. The highest BCUT2D eigenvalue weighted by molar-refractivity contribution is 7.98. The monoisotopic (exact) mass is 353 g/mol. The Morgan fingerprint density at radius 3 is 2.58 bits per heavy atom. The third-order valence-corrected chi connectivity index (χ3v) is 5.73. The van der Waals surface area contributed by atoms with Gasteiger partial charge >= 0.3 is 5.97 Å². The Balaban J connectivity index is 2.25. The van der Waals surface area contributed by atoms with Crippen LogP contribution in [0.5, 0.6) is 11.5 Å². The lowest BCUT2D eigenvalue weighted by Gasteiger charge is -2.39. The molecule has 24 heavy (non-hydrogen) atoms. The third kappa shape index (κ3) is 3.81. The fraction of sp³-hybridized carbons (Fsp3) is 0.611. The molecule has 0 unspecified atom stereocenters. The van der Waals surface area contributed by atoms with E-state index in [4.69, 9.17) is 9.47 Å². The minimum Gasteiger partial charge on any atom is -0.496 e. The zero-order chi connectivity index (χ0) is 17.7. The summed E-state index contributed by atoms with van der Waals surface area (Å²) in [4.78, 5) is 15.0. The first-order valence-corrected chi connectivity index (χ1v) is 9.46. The molecule has 0 bridgehead atoms. The van der Waals surface area contributed by atoms with Gasteiger partial charge in [-0.1, -0.05) is 6.92 Å². The van der Waals surface area contributed by atoms with E-state index < -0.39 is 11.4 Å². The van der Waals surface area contributed by atoms with Crippen LogP contribution in [-0.2, 0) is 11.3 Å². The number of thioether (sulfide) groups is 1.